The molecule has 0 aliphatic heterocycles. The van der Waals surface area contributed by atoms with Gasteiger partial charge < -0.3 is 4.52 Å². The van der Waals surface area contributed by atoms with Crippen LogP contribution in [0.1, 0.15) is 17.0 Å². The first-order valence-electron chi connectivity index (χ1n) is 10.3. The molecule has 5 aromatic rings. The molecule has 0 amide bonds. The second kappa shape index (κ2) is 8.80. The van der Waals surface area contributed by atoms with E-state index in [4.69, 9.17) is 9.51 Å². The normalized spacial score (nSPS) is 11.1. The van der Waals surface area contributed by atoms with Gasteiger partial charge >= 0.3 is 0 Å². The number of benzene rings is 2. The van der Waals surface area contributed by atoms with Crippen molar-refractivity contribution in [1.29, 1.82) is 0 Å². The highest BCUT2D eigenvalue weighted by Gasteiger charge is 2.17. The van der Waals surface area contributed by atoms with Crippen LogP contribution in [0.5, 0.6) is 0 Å². The quantitative estimate of drug-likeness (QED) is 0.307. The first kappa shape index (κ1) is 20.2. The van der Waals surface area contributed by atoms with Crippen LogP contribution in [0.3, 0.4) is 0 Å². The molecule has 0 N–H and O–H groups in total. The highest BCUT2D eigenvalue weighted by atomic mass is 32.2. The van der Waals surface area contributed by atoms with Gasteiger partial charge in [0.15, 0.2) is 5.16 Å². The van der Waals surface area contributed by atoms with Gasteiger partial charge in [-0.15, -0.1) is 0 Å². The first-order valence-corrected chi connectivity index (χ1v) is 11.2. The van der Waals surface area contributed by atoms with Gasteiger partial charge in [-0.25, -0.2) is 4.98 Å². The molecule has 0 saturated carbocycles. The van der Waals surface area contributed by atoms with Gasteiger partial charge in [0, 0.05) is 23.5 Å². The molecular weight excluding hydrogens is 418 g/mol. The molecule has 0 aliphatic rings. The lowest BCUT2D eigenvalue weighted by Gasteiger charge is -2.14. The lowest BCUT2D eigenvalue weighted by atomic mass is 10.1. The van der Waals surface area contributed by atoms with Gasteiger partial charge in [0.05, 0.1) is 23.3 Å². The van der Waals surface area contributed by atoms with E-state index in [1.54, 1.807) is 24.2 Å². The number of rotatable bonds is 6. The number of hydrogen-bond acceptors (Lipinski definition) is 6. The number of imidazole rings is 1. The second-order valence-corrected chi connectivity index (χ2v) is 8.39. The Labute approximate surface area is 190 Å². The van der Waals surface area contributed by atoms with E-state index in [-0.39, 0.29) is 0 Å². The molecule has 158 valence electrons. The summed E-state index contributed by atoms with van der Waals surface area (Å²) in [5.74, 6) is 1.69. The van der Waals surface area contributed by atoms with E-state index >= 15 is 0 Å². The summed E-state index contributed by atoms with van der Waals surface area (Å²) in [5.41, 5.74) is 6.46. The molecule has 7 heteroatoms. The Morgan fingerprint density at radius 2 is 1.69 bits per heavy atom. The minimum atomic E-state index is 0.525. The molecule has 0 aliphatic carbocycles. The Morgan fingerprint density at radius 3 is 2.47 bits per heavy atom. The second-order valence-electron chi connectivity index (χ2n) is 7.45. The Morgan fingerprint density at radius 1 is 0.906 bits per heavy atom. The SMILES string of the molecule is Cc1ccc(-c2noc(CSc3ncc(-c4ccncc4)n3-c3ccccc3C)n2)cc1. The predicted molar refractivity (Wildman–Crippen MR) is 126 cm³/mol. The average molecular weight is 440 g/mol. The fourth-order valence-electron chi connectivity index (χ4n) is 3.47. The standard InChI is InChI=1S/C25H21N5OS/c1-17-7-9-20(10-8-17)24-28-23(31-29-24)16-32-25-27-15-22(19-11-13-26-14-12-19)30(25)21-6-4-3-5-18(21)2/h3-15H,16H2,1-2H3. The minimum absolute atomic E-state index is 0.525. The van der Waals surface area contributed by atoms with Crippen LogP contribution in [0.15, 0.2) is 88.9 Å². The van der Waals surface area contributed by atoms with Crippen molar-refractivity contribution >= 4 is 11.8 Å². The van der Waals surface area contributed by atoms with Crippen LogP contribution < -0.4 is 0 Å². The molecule has 0 saturated heterocycles. The smallest absolute Gasteiger partial charge is 0.237 e. The summed E-state index contributed by atoms with van der Waals surface area (Å²) >= 11 is 1.57. The molecule has 0 fully saturated rings. The van der Waals surface area contributed by atoms with Gasteiger partial charge in [-0.3, -0.25) is 9.55 Å². The maximum absolute atomic E-state index is 5.50. The van der Waals surface area contributed by atoms with Gasteiger partial charge in [0.1, 0.15) is 0 Å². The van der Waals surface area contributed by atoms with E-state index in [0.29, 0.717) is 17.5 Å². The Kier molecular flexibility index (Phi) is 5.56. The van der Waals surface area contributed by atoms with Gasteiger partial charge in [0.2, 0.25) is 11.7 Å². The van der Waals surface area contributed by atoms with Crippen molar-refractivity contribution in [2.45, 2.75) is 24.8 Å². The molecule has 2 aromatic carbocycles. The molecule has 6 nitrogen and oxygen atoms in total. The van der Waals surface area contributed by atoms with Crippen LogP contribution in [-0.4, -0.2) is 24.7 Å². The largest absolute Gasteiger partial charge is 0.338 e. The maximum atomic E-state index is 5.50. The van der Waals surface area contributed by atoms with E-state index in [1.165, 1.54) is 11.1 Å². The zero-order valence-electron chi connectivity index (χ0n) is 17.8. The fraction of sp³-hybridized carbons (Fsp3) is 0.120. The number of pyridine rings is 1. The minimum Gasteiger partial charge on any atom is -0.338 e. The number of nitrogens with zero attached hydrogens (tertiary/aromatic N) is 5. The van der Waals surface area contributed by atoms with Crippen molar-refractivity contribution < 1.29 is 4.52 Å². The number of para-hydroxylation sites is 1. The molecule has 5 rings (SSSR count). The summed E-state index contributed by atoms with van der Waals surface area (Å²) in [5, 5.41) is 5.00. The van der Waals surface area contributed by atoms with Crippen LogP contribution in [0, 0.1) is 13.8 Å². The molecule has 32 heavy (non-hydrogen) atoms. The third kappa shape index (κ3) is 4.07. The summed E-state index contributed by atoms with van der Waals surface area (Å²) in [4.78, 5) is 13.4. The third-order valence-electron chi connectivity index (χ3n) is 5.16. The van der Waals surface area contributed by atoms with Crippen LogP contribution in [0.25, 0.3) is 28.3 Å². The Balaban J connectivity index is 1.45. The Bertz CT molecular complexity index is 1340. The first-order chi connectivity index (χ1) is 15.7. The van der Waals surface area contributed by atoms with Crippen molar-refractivity contribution in [3.05, 3.63) is 96.3 Å². The predicted octanol–water partition coefficient (Wildman–Crippen LogP) is 5.89. The number of aromatic nitrogens is 5. The lowest BCUT2D eigenvalue weighted by molar-refractivity contribution is 0.391. The zero-order chi connectivity index (χ0) is 21.9. The van der Waals surface area contributed by atoms with Crippen molar-refractivity contribution in [3.8, 4) is 28.3 Å². The number of hydrogen-bond donors (Lipinski definition) is 0. The van der Waals surface area contributed by atoms with E-state index in [1.807, 2.05) is 54.7 Å². The van der Waals surface area contributed by atoms with Gasteiger partial charge in [0.25, 0.3) is 0 Å². The molecular formula is C25H21N5OS. The summed E-state index contributed by atoms with van der Waals surface area (Å²) < 4.78 is 7.68. The molecule has 3 heterocycles. The van der Waals surface area contributed by atoms with Gasteiger partial charge in [-0.05, 0) is 37.6 Å². The molecule has 0 radical (unpaired) electrons. The highest BCUT2D eigenvalue weighted by Crippen LogP contribution is 2.32. The van der Waals surface area contributed by atoms with E-state index < -0.39 is 0 Å². The third-order valence-corrected chi connectivity index (χ3v) is 6.10. The molecule has 0 atom stereocenters. The number of aryl methyl sites for hydroxylation is 2. The van der Waals surface area contributed by atoms with Gasteiger partial charge in [-0.2, -0.15) is 4.98 Å². The summed E-state index contributed by atoms with van der Waals surface area (Å²) in [6.07, 6.45) is 5.49. The van der Waals surface area contributed by atoms with Crippen molar-refractivity contribution in [3.63, 3.8) is 0 Å². The molecule has 0 unspecified atom stereocenters. The topological polar surface area (TPSA) is 69.6 Å². The number of thioether (sulfide) groups is 1. The van der Waals surface area contributed by atoms with Crippen LogP contribution in [0.2, 0.25) is 0 Å². The molecule has 3 aromatic heterocycles. The van der Waals surface area contributed by atoms with E-state index in [0.717, 1.165) is 27.7 Å². The van der Waals surface area contributed by atoms with Crippen molar-refractivity contribution in [2.75, 3.05) is 0 Å². The van der Waals surface area contributed by atoms with Gasteiger partial charge in [-0.1, -0.05) is 64.9 Å². The zero-order valence-corrected chi connectivity index (χ0v) is 18.6. The Hall–Kier alpha value is -3.71. The van der Waals surface area contributed by atoms with Crippen LogP contribution in [0.4, 0.5) is 0 Å². The van der Waals surface area contributed by atoms with E-state index in [9.17, 15) is 0 Å². The van der Waals surface area contributed by atoms with Crippen LogP contribution in [-0.2, 0) is 5.75 Å². The van der Waals surface area contributed by atoms with E-state index in [2.05, 4.69) is 45.7 Å². The summed E-state index contributed by atoms with van der Waals surface area (Å²) in [6, 6.07) is 20.4. The van der Waals surface area contributed by atoms with Crippen LogP contribution >= 0.6 is 11.8 Å². The van der Waals surface area contributed by atoms with Crippen molar-refractivity contribution in [2.24, 2.45) is 0 Å². The summed E-state index contributed by atoms with van der Waals surface area (Å²) in [7, 11) is 0. The average Bonchev–Trinajstić information content (AvgIpc) is 3.46. The highest BCUT2D eigenvalue weighted by molar-refractivity contribution is 7.98. The summed E-state index contributed by atoms with van der Waals surface area (Å²) in [6.45, 7) is 4.16. The monoisotopic (exact) mass is 439 g/mol. The molecule has 0 bridgehead atoms. The maximum Gasteiger partial charge on any atom is 0.237 e. The fourth-order valence-corrected chi connectivity index (χ4v) is 4.29. The van der Waals surface area contributed by atoms with Crippen molar-refractivity contribution in [1.82, 2.24) is 24.7 Å². The lowest BCUT2D eigenvalue weighted by Crippen LogP contribution is -2.01. The molecule has 0 spiro atoms.